The van der Waals surface area contributed by atoms with Crippen molar-refractivity contribution in [1.29, 1.82) is 0 Å². The Morgan fingerprint density at radius 2 is 1.88 bits per heavy atom. The fourth-order valence-electron chi connectivity index (χ4n) is 5.28. The number of nitrogens with zero attached hydrogens (tertiary/aromatic N) is 1. The minimum absolute atomic E-state index is 0.0143. The summed E-state index contributed by atoms with van der Waals surface area (Å²) in [6.45, 7) is -0.0143. The third kappa shape index (κ3) is 2.69. The number of carbonyl (C=O) groups is 3. The lowest BCUT2D eigenvalue weighted by Gasteiger charge is -2.46. The van der Waals surface area contributed by atoms with Crippen LogP contribution in [0.2, 0.25) is 0 Å². The lowest BCUT2D eigenvalue weighted by molar-refractivity contribution is -0.147. The molecule has 1 aromatic carbocycles. The molecular weight excluding hydrogens is 418 g/mol. The summed E-state index contributed by atoms with van der Waals surface area (Å²) >= 11 is 0. The number of nitrogens with two attached hydrogens (primary N) is 2. The molecule has 170 valence electrons. The monoisotopic (exact) mass is 443 g/mol. The molecule has 0 aromatic heterocycles. The number of hydrogen-bond acceptors (Lipinski definition) is 9. The number of ketones is 2. The van der Waals surface area contributed by atoms with Gasteiger partial charge in [0.05, 0.1) is 5.56 Å². The van der Waals surface area contributed by atoms with Gasteiger partial charge in [-0.05, 0) is 30.4 Å². The summed E-state index contributed by atoms with van der Waals surface area (Å²) in [5.41, 5.74) is 9.09. The van der Waals surface area contributed by atoms with Crippen LogP contribution in [0.4, 0.5) is 5.69 Å². The SMILES string of the molecule is CN(C)c1cc(CN)c(O)c2c1CC1CC3CC(=O)C(C(N)=O)=C(O)[C@@]3(O)C(=O)C1=C2O. The Balaban J connectivity index is 1.97. The molecule has 10 heteroatoms. The van der Waals surface area contributed by atoms with E-state index in [-0.39, 0.29) is 42.7 Å². The molecule has 0 bridgehead atoms. The van der Waals surface area contributed by atoms with Crippen molar-refractivity contribution in [3.63, 3.8) is 0 Å². The quantitative estimate of drug-likeness (QED) is 0.348. The topological polar surface area (TPSA) is 187 Å². The molecule has 8 N–H and O–H groups in total. The molecule has 2 unspecified atom stereocenters. The molecule has 3 aliphatic carbocycles. The first-order chi connectivity index (χ1) is 14.9. The Morgan fingerprint density at radius 3 is 2.44 bits per heavy atom. The largest absolute Gasteiger partial charge is 0.508 e. The van der Waals surface area contributed by atoms with Gasteiger partial charge in [0, 0.05) is 49.8 Å². The van der Waals surface area contributed by atoms with E-state index in [0.717, 1.165) is 0 Å². The first kappa shape index (κ1) is 21.8. The molecule has 1 aromatic rings. The highest BCUT2D eigenvalue weighted by Gasteiger charge is 2.60. The summed E-state index contributed by atoms with van der Waals surface area (Å²) in [6.07, 6.45) is -0.00459. The summed E-state index contributed by atoms with van der Waals surface area (Å²) < 4.78 is 0. The van der Waals surface area contributed by atoms with Gasteiger partial charge in [-0.1, -0.05) is 0 Å². The third-order valence-electron chi connectivity index (χ3n) is 6.82. The summed E-state index contributed by atoms with van der Waals surface area (Å²) in [5.74, 6) is -6.45. The molecule has 10 nitrogen and oxygen atoms in total. The van der Waals surface area contributed by atoms with Gasteiger partial charge in [-0.2, -0.15) is 0 Å². The lowest BCUT2D eigenvalue weighted by atomic mass is 9.59. The smallest absolute Gasteiger partial charge is 0.255 e. The van der Waals surface area contributed by atoms with Gasteiger partial charge in [0.15, 0.2) is 11.4 Å². The van der Waals surface area contributed by atoms with Crippen LogP contribution in [0.1, 0.15) is 29.5 Å². The maximum absolute atomic E-state index is 13.5. The number of phenolic OH excluding ortho intramolecular Hbond substituents is 1. The molecule has 4 rings (SSSR count). The maximum atomic E-state index is 13.5. The highest BCUT2D eigenvalue weighted by molar-refractivity contribution is 6.22. The van der Waals surface area contributed by atoms with Gasteiger partial charge >= 0.3 is 0 Å². The van der Waals surface area contributed by atoms with Crippen LogP contribution < -0.4 is 16.4 Å². The normalized spacial score (nSPS) is 27.1. The number of aliphatic hydroxyl groups is 3. The molecule has 0 spiro atoms. The van der Waals surface area contributed by atoms with Gasteiger partial charge in [0.2, 0.25) is 5.78 Å². The molecule has 1 saturated carbocycles. The zero-order valence-corrected chi connectivity index (χ0v) is 17.7. The van der Waals surface area contributed by atoms with Crippen LogP contribution in [0.3, 0.4) is 0 Å². The van der Waals surface area contributed by atoms with Gasteiger partial charge in [-0.3, -0.25) is 14.4 Å². The molecule has 0 saturated heterocycles. The van der Waals surface area contributed by atoms with E-state index in [1.54, 1.807) is 25.1 Å². The van der Waals surface area contributed by atoms with Crippen molar-refractivity contribution >= 4 is 28.9 Å². The molecule has 3 atom stereocenters. The number of phenols is 1. The standard InChI is InChI=1S/C22H25N3O7/c1-25(2)12-5-9(7-23)17(27)15-11(12)4-8-3-10-6-13(26)16(21(24)31)20(30)22(10,32)19(29)14(8)18(15)28/h5,8,10,27-28,30,32H,3-4,6-7,23H2,1-2H3,(H2,24,31)/t8?,10?,22-/m0/s1. The van der Waals surface area contributed by atoms with Crippen LogP contribution >= 0.6 is 0 Å². The molecule has 1 amide bonds. The minimum atomic E-state index is -2.57. The van der Waals surface area contributed by atoms with Crippen LogP contribution in [-0.2, 0) is 27.3 Å². The van der Waals surface area contributed by atoms with Crippen molar-refractivity contribution < 1.29 is 34.8 Å². The Bertz CT molecular complexity index is 1150. The van der Waals surface area contributed by atoms with Gasteiger partial charge in [0.1, 0.15) is 22.8 Å². The van der Waals surface area contributed by atoms with E-state index in [1.807, 2.05) is 0 Å². The highest BCUT2D eigenvalue weighted by atomic mass is 16.3. The zero-order chi connectivity index (χ0) is 23.7. The van der Waals surface area contributed by atoms with E-state index >= 15 is 0 Å². The summed E-state index contributed by atoms with van der Waals surface area (Å²) in [6, 6.07) is 1.71. The summed E-state index contributed by atoms with van der Waals surface area (Å²) in [4.78, 5) is 39.3. The molecule has 0 radical (unpaired) electrons. The van der Waals surface area contributed by atoms with E-state index in [4.69, 9.17) is 11.5 Å². The Morgan fingerprint density at radius 1 is 1.22 bits per heavy atom. The van der Waals surface area contributed by atoms with Crippen LogP contribution in [0.5, 0.6) is 5.75 Å². The molecule has 0 heterocycles. The Labute approximate surface area is 183 Å². The summed E-state index contributed by atoms with van der Waals surface area (Å²) in [7, 11) is 3.59. The van der Waals surface area contributed by atoms with Crippen molar-refractivity contribution in [3.05, 3.63) is 39.7 Å². The number of benzene rings is 1. The Hall–Kier alpha value is -3.37. The van der Waals surface area contributed by atoms with Gasteiger partial charge in [0.25, 0.3) is 5.91 Å². The fraction of sp³-hybridized carbons (Fsp3) is 0.409. The van der Waals surface area contributed by atoms with Crippen LogP contribution in [0, 0.1) is 11.8 Å². The number of anilines is 1. The maximum Gasteiger partial charge on any atom is 0.255 e. The van der Waals surface area contributed by atoms with E-state index in [2.05, 4.69) is 0 Å². The van der Waals surface area contributed by atoms with E-state index in [1.165, 1.54) is 0 Å². The minimum Gasteiger partial charge on any atom is -0.508 e. The molecule has 3 aliphatic rings. The number of primary amides is 1. The van der Waals surface area contributed by atoms with E-state index in [9.17, 15) is 34.8 Å². The number of carbonyl (C=O) groups excluding carboxylic acids is 3. The second-order valence-electron chi connectivity index (χ2n) is 8.76. The number of hydrogen-bond donors (Lipinski definition) is 6. The highest BCUT2D eigenvalue weighted by Crippen LogP contribution is 2.53. The number of aromatic hydroxyl groups is 1. The molecule has 0 aliphatic heterocycles. The van der Waals surface area contributed by atoms with Crippen LogP contribution in [-0.4, -0.2) is 57.6 Å². The van der Waals surface area contributed by atoms with E-state index in [0.29, 0.717) is 16.8 Å². The fourth-order valence-corrected chi connectivity index (χ4v) is 5.28. The number of fused-ring (bicyclic) bond motifs is 3. The average Bonchev–Trinajstić information content (AvgIpc) is 2.70. The third-order valence-corrected chi connectivity index (χ3v) is 6.82. The molecule has 32 heavy (non-hydrogen) atoms. The first-order valence-electron chi connectivity index (χ1n) is 10.2. The number of amides is 1. The van der Waals surface area contributed by atoms with Crippen molar-refractivity contribution in [3.8, 4) is 5.75 Å². The van der Waals surface area contributed by atoms with Gasteiger partial charge in [-0.15, -0.1) is 0 Å². The average molecular weight is 443 g/mol. The lowest BCUT2D eigenvalue weighted by Crippen LogP contribution is -2.58. The van der Waals surface area contributed by atoms with Gasteiger partial charge < -0.3 is 36.8 Å². The second-order valence-corrected chi connectivity index (χ2v) is 8.76. The van der Waals surface area contributed by atoms with Crippen molar-refractivity contribution in [1.82, 2.24) is 0 Å². The molecular formula is C22H25N3O7. The predicted molar refractivity (Wildman–Crippen MR) is 114 cm³/mol. The van der Waals surface area contributed by atoms with Crippen molar-refractivity contribution in [2.45, 2.75) is 31.4 Å². The van der Waals surface area contributed by atoms with Crippen LogP contribution in [0.15, 0.2) is 23.0 Å². The van der Waals surface area contributed by atoms with Crippen molar-refractivity contribution in [2.24, 2.45) is 23.3 Å². The first-order valence-corrected chi connectivity index (χ1v) is 10.2. The number of rotatable bonds is 3. The number of aliphatic hydroxyl groups excluding tert-OH is 2. The molecule has 1 fully saturated rings. The van der Waals surface area contributed by atoms with E-state index < -0.39 is 52.0 Å². The predicted octanol–water partition coefficient (Wildman–Crippen LogP) is -0.0514. The second kappa shape index (κ2) is 7.07. The van der Waals surface area contributed by atoms with Crippen LogP contribution in [0.25, 0.3) is 5.76 Å². The zero-order valence-electron chi connectivity index (χ0n) is 17.7. The van der Waals surface area contributed by atoms with Gasteiger partial charge in [-0.25, -0.2) is 0 Å². The number of Topliss-reactive ketones (excluding diaryl/α,β-unsaturated/α-hetero) is 2. The summed E-state index contributed by atoms with van der Waals surface area (Å²) in [5, 5.41) is 43.7. The Kier molecular flexibility index (Phi) is 4.83. The van der Waals surface area contributed by atoms with Crippen molar-refractivity contribution in [2.75, 3.05) is 19.0 Å².